The second kappa shape index (κ2) is 11.3. The topological polar surface area (TPSA) is 81.1 Å². The number of benzene rings is 2. The molecule has 9 nitrogen and oxygen atoms in total. The van der Waals surface area contributed by atoms with Crippen LogP contribution in [0.3, 0.4) is 0 Å². The summed E-state index contributed by atoms with van der Waals surface area (Å²) >= 11 is 0. The number of alkyl halides is 3. The van der Waals surface area contributed by atoms with Gasteiger partial charge in [-0.1, -0.05) is 30.3 Å². The number of anilines is 1. The number of rotatable bonds is 7. The number of halogens is 3. The Morgan fingerprint density at radius 1 is 1.00 bits per heavy atom. The van der Waals surface area contributed by atoms with Gasteiger partial charge in [0, 0.05) is 39.1 Å². The lowest BCUT2D eigenvalue weighted by Crippen LogP contribution is -2.48. The molecule has 2 aromatic carbocycles. The van der Waals surface area contributed by atoms with E-state index >= 15 is 0 Å². The van der Waals surface area contributed by atoms with Crippen LogP contribution in [0.4, 0.5) is 19.0 Å². The number of aromatic nitrogens is 2. The quantitative estimate of drug-likeness (QED) is 0.456. The van der Waals surface area contributed by atoms with Crippen molar-refractivity contribution in [1.29, 1.82) is 0 Å². The standard InChI is InChI=1S/C28H32F3N5O4/c1-38-22-13-19(14-23(39-2)25(22)40-3)21-15-24(28(29,30)31)36-26(33-21)20(16-32-36)27(37)35-11-9-34(10-12-35)17-18-7-5-4-6-8-18/h4-8,13-14,16,21,24,33H,9-12,15,17H2,1-3H3. The number of methoxy groups -OCH3 is 3. The second-order valence-electron chi connectivity index (χ2n) is 9.85. The monoisotopic (exact) mass is 559 g/mol. The highest BCUT2D eigenvalue weighted by atomic mass is 19.4. The molecule has 214 valence electrons. The largest absolute Gasteiger partial charge is 0.493 e. The van der Waals surface area contributed by atoms with Crippen molar-refractivity contribution in [3.63, 3.8) is 0 Å². The molecule has 5 rings (SSSR count). The van der Waals surface area contributed by atoms with Crippen molar-refractivity contribution in [3.8, 4) is 17.2 Å². The Balaban J connectivity index is 1.39. The molecule has 1 saturated heterocycles. The van der Waals surface area contributed by atoms with Crippen molar-refractivity contribution in [2.45, 2.75) is 31.2 Å². The van der Waals surface area contributed by atoms with Crippen LogP contribution in [0.5, 0.6) is 17.2 Å². The van der Waals surface area contributed by atoms with Crippen molar-refractivity contribution >= 4 is 11.7 Å². The molecule has 2 aliphatic heterocycles. The lowest BCUT2D eigenvalue weighted by molar-refractivity contribution is -0.173. The molecule has 1 amide bonds. The second-order valence-corrected chi connectivity index (χ2v) is 9.85. The first-order valence-electron chi connectivity index (χ1n) is 13.0. The van der Waals surface area contributed by atoms with E-state index in [1.165, 1.54) is 33.1 Å². The number of nitrogens with one attached hydrogen (secondary N) is 1. The molecular formula is C28H32F3N5O4. The van der Waals surface area contributed by atoms with Crippen LogP contribution < -0.4 is 19.5 Å². The van der Waals surface area contributed by atoms with Crippen LogP contribution in [0.15, 0.2) is 48.7 Å². The zero-order valence-electron chi connectivity index (χ0n) is 22.6. The number of fused-ring (bicyclic) bond motifs is 1. The van der Waals surface area contributed by atoms with Gasteiger partial charge in [0.05, 0.1) is 33.6 Å². The molecule has 0 aliphatic carbocycles. The summed E-state index contributed by atoms with van der Waals surface area (Å²) in [4.78, 5) is 17.5. The third-order valence-corrected chi connectivity index (χ3v) is 7.47. The molecule has 3 aromatic rings. The van der Waals surface area contributed by atoms with E-state index in [1.807, 2.05) is 18.2 Å². The van der Waals surface area contributed by atoms with Gasteiger partial charge in [-0.05, 0) is 23.3 Å². The van der Waals surface area contributed by atoms with Gasteiger partial charge < -0.3 is 24.4 Å². The van der Waals surface area contributed by atoms with Crippen molar-refractivity contribution < 1.29 is 32.2 Å². The minimum absolute atomic E-state index is 0.0454. The Morgan fingerprint density at radius 3 is 2.23 bits per heavy atom. The number of nitrogens with zero attached hydrogens (tertiary/aromatic N) is 4. The molecule has 0 spiro atoms. The third-order valence-electron chi connectivity index (χ3n) is 7.47. The summed E-state index contributed by atoms with van der Waals surface area (Å²) in [6, 6.07) is 10.6. The maximum atomic E-state index is 14.2. The molecule has 0 radical (unpaired) electrons. The third kappa shape index (κ3) is 5.40. The van der Waals surface area contributed by atoms with Gasteiger partial charge in [-0.15, -0.1) is 0 Å². The Kier molecular flexibility index (Phi) is 7.79. The van der Waals surface area contributed by atoms with E-state index in [-0.39, 0.29) is 23.7 Å². The van der Waals surface area contributed by atoms with Crippen LogP contribution in [-0.2, 0) is 6.54 Å². The van der Waals surface area contributed by atoms with Crippen molar-refractivity contribution in [2.24, 2.45) is 0 Å². The molecule has 0 bridgehead atoms. The van der Waals surface area contributed by atoms with Gasteiger partial charge in [0.2, 0.25) is 5.75 Å². The van der Waals surface area contributed by atoms with E-state index in [4.69, 9.17) is 14.2 Å². The zero-order valence-corrected chi connectivity index (χ0v) is 22.6. The van der Waals surface area contributed by atoms with Gasteiger partial charge in [0.1, 0.15) is 11.4 Å². The lowest BCUT2D eigenvalue weighted by Gasteiger charge is -2.36. The van der Waals surface area contributed by atoms with Gasteiger partial charge in [-0.3, -0.25) is 9.69 Å². The van der Waals surface area contributed by atoms with E-state index < -0.39 is 18.3 Å². The highest BCUT2D eigenvalue weighted by Gasteiger charge is 2.47. The van der Waals surface area contributed by atoms with Gasteiger partial charge in [-0.2, -0.15) is 18.3 Å². The first-order chi connectivity index (χ1) is 19.2. The fourth-order valence-electron chi connectivity index (χ4n) is 5.36. The SMILES string of the molecule is COc1cc(C2CC(C(F)(F)F)n3ncc(C(=O)N4CCN(Cc5ccccc5)CC4)c3N2)cc(OC)c1OC. The molecule has 0 saturated carbocycles. The number of amides is 1. The minimum atomic E-state index is -4.58. The fraction of sp³-hybridized carbons (Fsp3) is 0.429. The first-order valence-corrected chi connectivity index (χ1v) is 13.0. The maximum Gasteiger partial charge on any atom is 0.410 e. The summed E-state index contributed by atoms with van der Waals surface area (Å²) in [6.07, 6.45) is -3.68. The van der Waals surface area contributed by atoms with Gasteiger partial charge in [-0.25, -0.2) is 4.68 Å². The van der Waals surface area contributed by atoms with Crippen molar-refractivity contribution in [2.75, 3.05) is 52.8 Å². The number of carbonyl (C=O) groups excluding carboxylic acids is 1. The molecule has 2 aliphatic rings. The summed E-state index contributed by atoms with van der Waals surface area (Å²) in [7, 11) is 4.34. The molecule has 1 fully saturated rings. The highest BCUT2D eigenvalue weighted by Crippen LogP contribution is 2.47. The normalized spacial score (nSPS) is 19.5. The fourth-order valence-corrected chi connectivity index (χ4v) is 5.36. The summed E-state index contributed by atoms with van der Waals surface area (Å²) in [5.41, 5.74) is 1.81. The zero-order chi connectivity index (χ0) is 28.4. The van der Waals surface area contributed by atoms with Gasteiger partial charge in [0.15, 0.2) is 17.5 Å². The summed E-state index contributed by atoms with van der Waals surface area (Å²) in [5.74, 6) is 0.685. The Labute approximate surface area is 230 Å². The van der Waals surface area contributed by atoms with E-state index in [2.05, 4.69) is 27.4 Å². The summed E-state index contributed by atoms with van der Waals surface area (Å²) in [6.45, 7) is 3.04. The predicted octanol–water partition coefficient (Wildman–Crippen LogP) is 4.53. The van der Waals surface area contributed by atoms with Crippen LogP contribution >= 0.6 is 0 Å². The summed E-state index contributed by atoms with van der Waals surface area (Å²) < 4.78 is 59.8. The van der Waals surface area contributed by atoms with Crippen LogP contribution in [-0.4, -0.2) is 79.2 Å². The maximum absolute atomic E-state index is 14.2. The molecule has 2 unspecified atom stereocenters. The predicted molar refractivity (Wildman–Crippen MR) is 142 cm³/mol. The van der Waals surface area contributed by atoms with Crippen molar-refractivity contribution in [1.82, 2.24) is 19.6 Å². The van der Waals surface area contributed by atoms with Gasteiger partial charge in [0.25, 0.3) is 5.91 Å². The Hall–Kier alpha value is -3.93. The minimum Gasteiger partial charge on any atom is -0.493 e. The van der Waals surface area contributed by atoms with Crippen LogP contribution in [0, 0.1) is 0 Å². The number of ether oxygens (including phenoxy) is 3. The Bertz CT molecular complexity index is 1310. The number of hydrogen-bond acceptors (Lipinski definition) is 7. The molecule has 2 atom stereocenters. The van der Waals surface area contributed by atoms with Crippen LogP contribution in [0.25, 0.3) is 0 Å². The molecule has 3 heterocycles. The van der Waals surface area contributed by atoms with Crippen LogP contribution in [0.2, 0.25) is 0 Å². The van der Waals surface area contributed by atoms with E-state index in [1.54, 1.807) is 17.0 Å². The lowest BCUT2D eigenvalue weighted by atomic mass is 9.95. The van der Waals surface area contributed by atoms with E-state index in [0.29, 0.717) is 49.0 Å². The number of carbonyl (C=O) groups is 1. The first kappa shape index (κ1) is 27.6. The molecule has 1 aromatic heterocycles. The van der Waals surface area contributed by atoms with Crippen LogP contribution in [0.1, 0.15) is 40.0 Å². The average Bonchev–Trinajstić information content (AvgIpc) is 3.39. The Morgan fingerprint density at radius 2 is 1.65 bits per heavy atom. The number of hydrogen-bond donors (Lipinski definition) is 1. The smallest absolute Gasteiger partial charge is 0.410 e. The van der Waals surface area contributed by atoms with E-state index in [9.17, 15) is 18.0 Å². The van der Waals surface area contributed by atoms with Gasteiger partial charge >= 0.3 is 6.18 Å². The summed E-state index contributed by atoms with van der Waals surface area (Å²) in [5, 5.41) is 7.18. The van der Waals surface area contributed by atoms with E-state index in [0.717, 1.165) is 11.2 Å². The molecular weight excluding hydrogens is 527 g/mol. The molecule has 1 N–H and O–H groups in total. The average molecular weight is 560 g/mol. The molecule has 12 heteroatoms. The molecule has 40 heavy (non-hydrogen) atoms. The van der Waals surface area contributed by atoms with Crippen molar-refractivity contribution in [3.05, 3.63) is 65.4 Å². The number of piperazine rings is 1. The highest BCUT2D eigenvalue weighted by molar-refractivity contribution is 5.99.